The molecule has 1 heterocycles. The molecule has 0 aliphatic heterocycles. The van der Waals surface area contributed by atoms with Crippen molar-refractivity contribution in [3.63, 3.8) is 0 Å². The normalized spacial score (nSPS) is 12.6. The minimum Gasteiger partial charge on any atom is -0.293 e. The van der Waals surface area contributed by atoms with Gasteiger partial charge in [0.15, 0.2) is 5.78 Å². The van der Waals surface area contributed by atoms with Gasteiger partial charge in [-0.3, -0.25) is 9.69 Å². The summed E-state index contributed by atoms with van der Waals surface area (Å²) in [6.45, 7) is 2.34. The second-order valence-corrected chi connectivity index (χ2v) is 5.52. The molecule has 19 heavy (non-hydrogen) atoms. The molecule has 0 aliphatic carbocycles. The van der Waals surface area contributed by atoms with Gasteiger partial charge in [-0.25, -0.2) is 4.39 Å². The van der Waals surface area contributed by atoms with Crippen molar-refractivity contribution in [1.29, 1.82) is 0 Å². The summed E-state index contributed by atoms with van der Waals surface area (Å²) in [7, 11) is 1.90. The smallest absolute Gasteiger partial charge is 0.176 e. The van der Waals surface area contributed by atoms with Crippen LogP contribution in [0.25, 0.3) is 0 Å². The summed E-state index contributed by atoms with van der Waals surface area (Å²) in [5.74, 6) is -0.440. The number of ketones is 1. The van der Waals surface area contributed by atoms with Gasteiger partial charge in [-0.15, -0.1) is 11.3 Å². The van der Waals surface area contributed by atoms with Crippen LogP contribution in [0.15, 0.2) is 41.8 Å². The fourth-order valence-electron chi connectivity index (χ4n) is 1.86. The number of halogens is 1. The Morgan fingerprint density at radius 1 is 1.37 bits per heavy atom. The zero-order valence-corrected chi connectivity index (χ0v) is 11.8. The summed E-state index contributed by atoms with van der Waals surface area (Å²) in [5, 5.41) is 2.02. The largest absolute Gasteiger partial charge is 0.293 e. The second-order valence-electron chi connectivity index (χ2n) is 4.54. The Labute approximate surface area is 116 Å². The van der Waals surface area contributed by atoms with E-state index in [1.54, 1.807) is 23.5 Å². The number of benzene rings is 1. The van der Waals surface area contributed by atoms with Gasteiger partial charge in [0.25, 0.3) is 0 Å². The average molecular weight is 277 g/mol. The molecule has 0 bridgehead atoms. The number of thiophene rings is 1. The molecular formula is C15H16FNOS. The van der Waals surface area contributed by atoms with E-state index in [9.17, 15) is 9.18 Å². The summed E-state index contributed by atoms with van der Waals surface area (Å²) in [6.07, 6.45) is 0. The van der Waals surface area contributed by atoms with Gasteiger partial charge < -0.3 is 0 Å². The first-order valence-corrected chi connectivity index (χ1v) is 6.98. The predicted molar refractivity (Wildman–Crippen MR) is 76.1 cm³/mol. The third-order valence-corrected chi connectivity index (χ3v) is 4.20. The first kappa shape index (κ1) is 13.9. The van der Waals surface area contributed by atoms with E-state index in [-0.39, 0.29) is 24.2 Å². The van der Waals surface area contributed by atoms with Crippen molar-refractivity contribution in [2.45, 2.75) is 13.0 Å². The van der Waals surface area contributed by atoms with Crippen molar-refractivity contribution in [3.05, 3.63) is 58.0 Å². The van der Waals surface area contributed by atoms with Gasteiger partial charge in [0.2, 0.25) is 0 Å². The van der Waals surface area contributed by atoms with Gasteiger partial charge >= 0.3 is 0 Å². The molecule has 0 amide bonds. The van der Waals surface area contributed by atoms with Gasteiger partial charge in [-0.1, -0.05) is 18.2 Å². The van der Waals surface area contributed by atoms with E-state index in [4.69, 9.17) is 0 Å². The first-order valence-electron chi connectivity index (χ1n) is 6.10. The highest BCUT2D eigenvalue weighted by atomic mass is 32.1. The molecular weight excluding hydrogens is 261 g/mol. The summed E-state index contributed by atoms with van der Waals surface area (Å²) in [4.78, 5) is 15.3. The quantitative estimate of drug-likeness (QED) is 0.776. The molecule has 2 nitrogen and oxygen atoms in total. The molecule has 1 unspecified atom stereocenters. The van der Waals surface area contributed by atoms with Gasteiger partial charge in [-0.2, -0.15) is 0 Å². The maximum Gasteiger partial charge on any atom is 0.176 e. The lowest BCUT2D eigenvalue weighted by Gasteiger charge is -2.22. The molecule has 0 saturated carbocycles. The number of hydrogen-bond acceptors (Lipinski definition) is 3. The van der Waals surface area contributed by atoms with Crippen molar-refractivity contribution in [3.8, 4) is 0 Å². The van der Waals surface area contributed by atoms with Crippen LogP contribution in [-0.4, -0.2) is 24.3 Å². The average Bonchev–Trinajstić information content (AvgIpc) is 2.91. The van der Waals surface area contributed by atoms with Crippen molar-refractivity contribution in [2.24, 2.45) is 0 Å². The minimum atomic E-state index is -0.375. The number of Topliss-reactive ketones (excluding diaryl/α,β-unsaturated/α-hetero) is 1. The van der Waals surface area contributed by atoms with Crippen LogP contribution >= 0.6 is 11.3 Å². The van der Waals surface area contributed by atoms with Crippen LogP contribution < -0.4 is 0 Å². The Bertz CT molecular complexity index is 553. The van der Waals surface area contributed by atoms with Crippen LogP contribution in [0.1, 0.15) is 28.2 Å². The minimum absolute atomic E-state index is 0.0644. The molecule has 0 fully saturated rings. The molecule has 1 aromatic heterocycles. The Balaban J connectivity index is 2.03. The van der Waals surface area contributed by atoms with Crippen LogP contribution in [0.2, 0.25) is 0 Å². The van der Waals surface area contributed by atoms with Gasteiger partial charge in [-0.05, 0) is 37.6 Å². The molecule has 4 heteroatoms. The molecule has 2 rings (SSSR count). The van der Waals surface area contributed by atoms with E-state index in [2.05, 4.69) is 13.0 Å². The number of likely N-dealkylation sites (N-methyl/N-ethyl adjacent to an activating group) is 1. The SMILES string of the molecule is CC(c1cccs1)N(C)CC(=O)c1cccc(F)c1. The zero-order valence-electron chi connectivity index (χ0n) is 11.0. The zero-order chi connectivity index (χ0) is 13.8. The van der Waals surface area contributed by atoms with Gasteiger partial charge in [0.1, 0.15) is 5.82 Å². The number of nitrogens with zero attached hydrogens (tertiary/aromatic N) is 1. The van der Waals surface area contributed by atoms with Gasteiger partial charge in [0.05, 0.1) is 6.54 Å². The van der Waals surface area contributed by atoms with E-state index in [1.807, 2.05) is 23.4 Å². The summed E-state index contributed by atoms with van der Waals surface area (Å²) >= 11 is 1.67. The van der Waals surface area contributed by atoms with Crippen molar-refractivity contribution in [1.82, 2.24) is 4.90 Å². The molecule has 0 aliphatic rings. The molecule has 1 atom stereocenters. The Kier molecular flexibility index (Phi) is 4.45. The molecule has 2 aromatic rings. The lowest BCUT2D eigenvalue weighted by atomic mass is 10.1. The predicted octanol–water partition coefficient (Wildman–Crippen LogP) is 3.76. The lowest BCUT2D eigenvalue weighted by Crippen LogP contribution is -2.28. The molecule has 0 saturated heterocycles. The summed E-state index contributed by atoms with van der Waals surface area (Å²) in [5.41, 5.74) is 0.422. The Hall–Kier alpha value is -1.52. The molecule has 0 spiro atoms. The van der Waals surface area contributed by atoms with Crippen LogP contribution in [0.4, 0.5) is 4.39 Å². The second kappa shape index (κ2) is 6.08. The van der Waals surface area contributed by atoms with Crippen molar-refractivity contribution < 1.29 is 9.18 Å². The maximum atomic E-state index is 13.1. The molecule has 0 radical (unpaired) electrons. The number of hydrogen-bond donors (Lipinski definition) is 0. The summed E-state index contributed by atoms with van der Waals surface area (Å²) < 4.78 is 13.1. The van der Waals surface area contributed by atoms with Crippen molar-refractivity contribution >= 4 is 17.1 Å². The lowest BCUT2D eigenvalue weighted by molar-refractivity contribution is 0.0925. The van der Waals surface area contributed by atoms with E-state index in [0.717, 1.165) is 0 Å². The van der Waals surface area contributed by atoms with Crippen LogP contribution in [-0.2, 0) is 0 Å². The maximum absolute atomic E-state index is 13.1. The Morgan fingerprint density at radius 2 is 2.16 bits per heavy atom. The fraction of sp³-hybridized carbons (Fsp3) is 0.267. The highest BCUT2D eigenvalue weighted by Crippen LogP contribution is 2.23. The fourth-order valence-corrected chi connectivity index (χ4v) is 2.71. The topological polar surface area (TPSA) is 20.3 Å². The monoisotopic (exact) mass is 277 g/mol. The van der Waals surface area contributed by atoms with Crippen LogP contribution in [0.5, 0.6) is 0 Å². The van der Waals surface area contributed by atoms with Crippen LogP contribution in [0.3, 0.4) is 0 Å². The van der Waals surface area contributed by atoms with E-state index < -0.39 is 0 Å². The standard InChI is InChI=1S/C15H16FNOS/c1-11(15-7-4-8-19-15)17(2)10-14(18)12-5-3-6-13(16)9-12/h3-9,11H,10H2,1-2H3. The third-order valence-electron chi connectivity index (χ3n) is 3.16. The number of rotatable bonds is 5. The number of carbonyl (C=O) groups is 1. The summed E-state index contributed by atoms with van der Waals surface area (Å²) in [6, 6.07) is 10.1. The van der Waals surface area contributed by atoms with Gasteiger partial charge in [0, 0.05) is 16.5 Å². The Morgan fingerprint density at radius 3 is 2.79 bits per heavy atom. The van der Waals surface area contributed by atoms with E-state index in [1.165, 1.54) is 17.0 Å². The molecule has 100 valence electrons. The highest BCUT2D eigenvalue weighted by molar-refractivity contribution is 7.10. The number of carbonyl (C=O) groups excluding carboxylic acids is 1. The van der Waals surface area contributed by atoms with Crippen molar-refractivity contribution in [2.75, 3.05) is 13.6 Å². The third kappa shape index (κ3) is 3.49. The van der Waals surface area contributed by atoms with Crippen LogP contribution in [0, 0.1) is 5.82 Å². The molecule has 1 aromatic carbocycles. The first-order chi connectivity index (χ1) is 9.08. The molecule has 0 N–H and O–H groups in total. The van der Waals surface area contributed by atoms with E-state index >= 15 is 0 Å². The van der Waals surface area contributed by atoms with E-state index in [0.29, 0.717) is 5.56 Å². The highest BCUT2D eigenvalue weighted by Gasteiger charge is 2.16.